The van der Waals surface area contributed by atoms with E-state index >= 15 is 0 Å². The first-order valence-electron chi connectivity index (χ1n) is 5.32. The quantitative estimate of drug-likeness (QED) is 0.755. The van der Waals surface area contributed by atoms with Crippen LogP contribution in [0.2, 0.25) is 5.02 Å². The van der Waals surface area contributed by atoms with Gasteiger partial charge >= 0.3 is 0 Å². The molecule has 1 nitrogen and oxygen atoms in total. The Morgan fingerprint density at radius 2 is 2.19 bits per heavy atom. The minimum atomic E-state index is -0.0634. The Kier molecular flexibility index (Phi) is 4.57. The minimum absolute atomic E-state index is 0.0474. The molecule has 0 saturated carbocycles. The molecule has 0 saturated heterocycles. The van der Waals surface area contributed by atoms with E-state index in [9.17, 15) is 0 Å². The van der Waals surface area contributed by atoms with Gasteiger partial charge in [-0.05, 0) is 29.5 Å². The number of methoxy groups -OCH3 is 1. The van der Waals surface area contributed by atoms with Gasteiger partial charge in [-0.25, -0.2) is 0 Å². The molecule has 1 unspecified atom stereocenters. The minimum Gasteiger partial charge on any atom is -0.377 e. The van der Waals surface area contributed by atoms with Gasteiger partial charge in [0.2, 0.25) is 0 Å². The first kappa shape index (κ1) is 13.3. The highest BCUT2D eigenvalue weighted by Crippen LogP contribution is 2.29. The van der Waals surface area contributed by atoms with Gasteiger partial charge in [0.1, 0.15) is 0 Å². The summed E-state index contributed by atoms with van der Waals surface area (Å²) in [6, 6.07) is 7.88. The van der Waals surface area contributed by atoms with Crippen molar-refractivity contribution < 1.29 is 4.74 Å². The summed E-state index contributed by atoms with van der Waals surface area (Å²) in [5.41, 5.74) is 1.15. The van der Waals surface area contributed by atoms with Crippen molar-refractivity contribution in [1.29, 1.82) is 0 Å². The summed E-state index contributed by atoms with van der Waals surface area (Å²) in [5, 5.41) is 0.763. The molecular formula is C14H18ClO. The number of hydrogen-bond acceptors (Lipinski definition) is 1. The van der Waals surface area contributed by atoms with Crippen LogP contribution in [0.1, 0.15) is 19.4 Å². The molecule has 0 aliphatic heterocycles. The first-order chi connectivity index (χ1) is 7.49. The molecule has 1 radical (unpaired) electrons. The number of ether oxygens (including phenoxy) is 1. The molecule has 2 heteroatoms. The Balaban J connectivity index is 2.83. The van der Waals surface area contributed by atoms with Crippen LogP contribution in [-0.4, -0.2) is 13.2 Å². The molecule has 1 aromatic carbocycles. The molecule has 0 N–H and O–H groups in total. The second kappa shape index (κ2) is 5.51. The molecule has 0 heterocycles. The second-order valence-electron chi connectivity index (χ2n) is 4.64. The summed E-state index contributed by atoms with van der Waals surface area (Å²) in [5.74, 6) is 0. The highest BCUT2D eigenvalue weighted by molar-refractivity contribution is 6.30. The Labute approximate surface area is 103 Å². The van der Waals surface area contributed by atoms with Crippen molar-refractivity contribution in [3.8, 4) is 0 Å². The molecule has 0 aliphatic carbocycles. The monoisotopic (exact) mass is 237 g/mol. The lowest BCUT2D eigenvalue weighted by atomic mass is 9.80. The fraction of sp³-hybridized carbons (Fsp3) is 0.429. The van der Waals surface area contributed by atoms with Crippen LogP contribution in [0, 0.1) is 12.0 Å². The molecule has 87 valence electrons. The molecule has 0 fully saturated rings. The SMILES string of the molecule is [CH]=CC(OC)C(C)(C)Cc1cccc(Cl)c1. The van der Waals surface area contributed by atoms with E-state index in [0.717, 1.165) is 11.4 Å². The van der Waals surface area contributed by atoms with Crippen molar-refractivity contribution in [2.45, 2.75) is 26.4 Å². The van der Waals surface area contributed by atoms with Gasteiger partial charge in [-0.15, -0.1) is 0 Å². The van der Waals surface area contributed by atoms with Crippen LogP contribution in [-0.2, 0) is 11.2 Å². The fourth-order valence-corrected chi connectivity index (χ4v) is 2.14. The average Bonchev–Trinajstić information content (AvgIpc) is 2.18. The number of halogens is 1. The zero-order chi connectivity index (χ0) is 12.2. The van der Waals surface area contributed by atoms with E-state index in [1.54, 1.807) is 13.2 Å². The molecule has 0 bridgehead atoms. The van der Waals surface area contributed by atoms with Crippen LogP contribution < -0.4 is 0 Å². The topological polar surface area (TPSA) is 9.23 Å². The molecule has 0 amide bonds. The number of hydrogen-bond donors (Lipinski definition) is 0. The van der Waals surface area contributed by atoms with Crippen LogP contribution in [0.3, 0.4) is 0 Å². The molecule has 1 aromatic rings. The van der Waals surface area contributed by atoms with Gasteiger partial charge in [-0.2, -0.15) is 0 Å². The first-order valence-corrected chi connectivity index (χ1v) is 5.69. The van der Waals surface area contributed by atoms with Crippen molar-refractivity contribution in [3.05, 3.63) is 47.5 Å². The Hall–Kier alpha value is -0.790. The maximum atomic E-state index is 5.96. The zero-order valence-electron chi connectivity index (χ0n) is 10.0. The van der Waals surface area contributed by atoms with E-state index in [1.807, 2.05) is 18.2 Å². The van der Waals surface area contributed by atoms with E-state index in [0.29, 0.717) is 0 Å². The lowest BCUT2D eigenvalue weighted by Gasteiger charge is -2.31. The molecule has 0 spiro atoms. The molecule has 16 heavy (non-hydrogen) atoms. The van der Waals surface area contributed by atoms with Crippen LogP contribution in [0.25, 0.3) is 0 Å². The third-order valence-corrected chi connectivity index (χ3v) is 2.98. The molecule has 1 rings (SSSR count). The lowest BCUT2D eigenvalue weighted by molar-refractivity contribution is 0.0428. The van der Waals surface area contributed by atoms with Gasteiger partial charge in [0.25, 0.3) is 0 Å². The van der Waals surface area contributed by atoms with Gasteiger partial charge in [0, 0.05) is 12.1 Å². The molecule has 0 aliphatic rings. The fourth-order valence-electron chi connectivity index (χ4n) is 1.93. The number of benzene rings is 1. The summed E-state index contributed by atoms with van der Waals surface area (Å²) in [6.07, 6.45) is 2.41. The molecule has 1 atom stereocenters. The maximum absolute atomic E-state index is 5.96. The van der Waals surface area contributed by atoms with Gasteiger partial charge in [0.05, 0.1) is 6.10 Å². The van der Waals surface area contributed by atoms with E-state index in [4.69, 9.17) is 22.9 Å². The van der Waals surface area contributed by atoms with Crippen LogP contribution in [0.5, 0.6) is 0 Å². The van der Waals surface area contributed by atoms with Gasteiger partial charge < -0.3 is 4.74 Å². The van der Waals surface area contributed by atoms with Gasteiger partial charge in [-0.3, -0.25) is 0 Å². The van der Waals surface area contributed by atoms with Gasteiger partial charge in [-0.1, -0.05) is 50.2 Å². The van der Waals surface area contributed by atoms with E-state index in [-0.39, 0.29) is 11.5 Å². The Morgan fingerprint density at radius 1 is 1.50 bits per heavy atom. The third kappa shape index (κ3) is 3.36. The zero-order valence-corrected chi connectivity index (χ0v) is 10.8. The summed E-state index contributed by atoms with van der Waals surface area (Å²) < 4.78 is 5.35. The van der Waals surface area contributed by atoms with Crippen molar-refractivity contribution in [2.75, 3.05) is 7.11 Å². The van der Waals surface area contributed by atoms with E-state index in [1.165, 1.54) is 5.56 Å². The van der Waals surface area contributed by atoms with Crippen molar-refractivity contribution >= 4 is 11.6 Å². The molecular weight excluding hydrogens is 220 g/mol. The number of rotatable bonds is 5. The van der Waals surface area contributed by atoms with E-state index < -0.39 is 0 Å². The van der Waals surface area contributed by atoms with E-state index in [2.05, 4.69) is 19.9 Å². The normalized spacial score (nSPS) is 13.5. The van der Waals surface area contributed by atoms with Crippen molar-refractivity contribution in [3.63, 3.8) is 0 Å². The van der Waals surface area contributed by atoms with Crippen molar-refractivity contribution in [2.24, 2.45) is 5.41 Å². The van der Waals surface area contributed by atoms with Crippen LogP contribution in [0.4, 0.5) is 0 Å². The van der Waals surface area contributed by atoms with Gasteiger partial charge in [0.15, 0.2) is 0 Å². The maximum Gasteiger partial charge on any atom is 0.0809 e. The second-order valence-corrected chi connectivity index (χ2v) is 5.08. The highest BCUT2D eigenvalue weighted by atomic mass is 35.5. The Morgan fingerprint density at radius 3 is 2.69 bits per heavy atom. The highest BCUT2D eigenvalue weighted by Gasteiger charge is 2.27. The van der Waals surface area contributed by atoms with Crippen LogP contribution >= 0.6 is 11.6 Å². The lowest BCUT2D eigenvalue weighted by Crippen LogP contribution is -2.31. The predicted octanol–water partition coefficient (Wildman–Crippen LogP) is 3.91. The third-order valence-electron chi connectivity index (χ3n) is 2.75. The smallest absolute Gasteiger partial charge is 0.0809 e. The predicted molar refractivity (Wildman–Crippen MR) is 68.6 cm³/mol. The van der Waals surface area contributed by atoms with Crippen LogP contribution in [0.15, 0.2) is 30.3 Å². The summed E-state index contributed by atoms with van der Waals surface area (Å²) in [7, 11) is 1.67. The largest absolute Gasteiger partial charge is 0.377 e. The summed E-state index contributed by atoms with van der Waals surface area (Å²) >= 11 is 5.96. The average molecular weight is 238 g/mol. The standard InChI is InChI=1S/C14H18ClO/c1-5-13(16-4)14(2,3)10-11-7-6-8-12(15)9-11/h1,5-9,13H,10H2,2-4H3. The summed E-state index contributed by atoms with van der Waals surface area (Å²) in [6.45, 7) is 9.84. The van der Waals surface area contributed by atoms with Crippen molar-refractivity contribution in [1.82, 2.24) is 0 Å². The molecule has 0 aromatic heterocycles. The summed E-state index contributed by atoms with van der Waals surface area (Å²) in [4.78, 5) is 0. The Bertz CT molecular complexity index is 358.